The summed E-state index contributed by atoms with van der Waals surface area (Å²) in [5.74, 6) is 0. The summed E-state index contributed by atoms with van der Waals surface area (Å²) in [6.45, 7) is 7.13. The van der Waals surface area contributed by atoms with Crippen molar-refractivity contribution in [2.45, 2.75) is 91.4 Å². The highest BCUT2D eigenvalue weighted by atomic mass is 16.3. The number of rotatable bonds is 12. The molecule has 0 heterocycles. The van der Waals surface area contributed by atoms with E-state index >= 15 is 0 Å². The lowest BCUT2D eigenvalue weighted by atomic mass is 9.76. The van der Waals surface area contributed by atoms with Crippen LogP contribution in [0, 0.1) is 5.41 Å². The van der Waals surface area contributed by atoms with E-state index in [1.54, 1.807) is 0 Å². The Labute approximate surface area is 109 Å². The van der Waals surface area contributed by atoms with Gasteiger partial charge in [-0.05, 0) is 24.7 Å². The van der Waals surface area contributed by atoms with E-state index < -0.39 is 0 Å². The summed E-state index contributed by atoms with van der Waals surface area (Å²) < 4.78 is 0. The molecule has 0 radical (unpaired) electrons. The minimum absolute atomic E-state index is 0.237. The topological polar surface area (TPSA) is 20.2 Å². The lowest BCUT2D eigenvalue weighted by molar-refractivity contribution is 0.0944. The Hall–Kier alpha value is -0.0400. The van der Waals surface area contributed by atoms with Crippen LogP contribution in [0.5, 0.6) is 0 Å². The molecule has 0 aromatic rings. The third kappa shape index (κ3) is 7.81. The maximum absolute atomic E-state index is 9.64. The standard InChI is InChI=1S/C16H34O/c1-4-7-9-10-11-12-14-16(6-3,15-17)13-8-5-2/h17H,4-15H2,1-3H3. The molecule has 104 valence electrons. The van der Waals surface area contributed by atoms with Gasteiger partial charge >= 0.3 is 0 Å². The maximum atomic E-state index is 9.64. The molecule has 1 atom stereocenters. The highest BCUT2D eigenvalue weighted by Gasteiger charge is 2.25. The average molecular weight is 242 g/mol. The number of aliphatic hydroxyl groups is 1. The first-order chi connectivity index (χ1) is 8.24. The minimum atomic E-state index is 0.237. The van der Waals surface area contributed by atoms with Gasteiger partial charge in [0.2, 0.25) is 0 Å². The Bertz CT molecular complexity index is 150. The van der Waals surface area contributed by atoms with E-state index in [2.05, 4.69) is 20.8 Å². The zero-order chi connectivity index (χ0) is 13.0. The van der Waals surface area contributed by atoms with Gasteiger partial charge in [-0.2, -0.15) is 0 Å². The molecular formula is C16H34O. The first-order valence-corrected chi connectivity index (χ1v) is 7.85. The van der Waals surface area contributed by atoms with E-state index in [0.717, 1.165) is 6.42 Å². The van der Waals surface area contributed by atoms with Gasteiger partial charge in [-0.25, -0.2) is 0 Å². The molecule has 0 aliphatic heterocycles. The molecule has 0 rings (SSSR count). The van der Waals surface area contributed by atoms with Crippen molar-refractivity contribution < 1.29 is 5.11 Å². The van der Waals surface area contributed by atoms with E-state index in [1.807, 2.05) is 0 Å². The molecule has 0 aliphatic rings. The fourth-order valence-corrected chi connectivity index (χ4v) is 2.58. The monoisotopic (exact) mass is 242 g/mol. The fraction of sp³-hybridized carbons (Fsp3) is 1.00. The third-order valence-electron chi connectivity index (χ3n) is 4.21. The Morgan fingerprint density at radius 2 is 1.24 bits per heavy atom. The van der Waals surface area contributed by atoms with Crippen LogP contribution >= 0.6 is 0 Å². The van der Waals surface area contributed by atoms with Crippen LogP contribution in [0.15, 0.2) is 0 Å². The lowest BCUT2D eigenvalue weighted by Crippen LogP contribution is -2.24. The number of hydrogen-bond donors (Lipinski definition) is 1. The molecule has 0 amide bonds. The molecule has 0 aromatic heterocycles. The summed E-state index contributed by atoms with van der Waals surface area (Å²) in [4.78, 5) is 0. The van der Waals surface area contributed by atoms with Crippen molar-refractivity contribution in [2.75, 3.05) is 6.61 Å². The normalized spacial score (nSPS) is 14.8. The van der Waals surface area contributed by atoms with Gasteiger partial charge in [0.1, 0.15) is 0 Å². The van der Waals surface area contributed by atoms with Crippen LogP contribution in [0.4, 0.5) is 0 Å². The molecule has 0 saturated carbocycles. The number of hydrogen-bond acceptors (Lipinski definition) is 1. The van der Waals surface area contributed by atoms with Crippen LogP contribution in [0.2, 0.25) is 0 Å². The highest BCUT2D eigenvalue weighted by Crippen LogP contribution is 2.34. The van der Waals surface area contributed by atoms with Crippen LogP contribution in [0.25, 0.3) is 0 Å². The summed E-state index contributed by atoms with van der Waals surface area (Å²) in [7, 11) is 0. The van der Waals surface area contributed by atoms with Crippen LogP contribution < -0.4 is 0 Å². The summed E-state index contributed by atoms with van der Waals surface area (Å²) in [6, 6.07) is 0. The van der Waals surface area contributed by atoms with Gasteiger partial charge in [-0.3, -0.25) is 0 Å². The molecule has 1 nitrogen and oxygen atoms in total. The van der Waals surface area contributed by atoms with E-state index in [4.69, 9.17) is 0 Å². The fourth-order valence-electron chi connectivity index (χ4n) is 2.58. The third-order valence-corrected chi connectivity index (χ3v) is 4.21. The van der Waals surface area contributed by atoms with Crippen molar-refractivity contribution in [3.05, 3.63) is 0 Å². The molecule has 0 aromatic carbocycles. The van der Waals surface area contributed by atoms with Gasteiger partial charge < -0.3 is 5.11 Å². The SMILES string of the molecule is CCCCCCCCC(CC)(CO)CCCC. The second-order valence-corrected chi connectivity index (χ2v) is 5.63. The predicted molar refractivity (Wildman–Crippen MR) is 77.3 cm³/mol. The Balaban J connectivity index is 3.75. The van der Waals surface area contributed by atoms with Crippen molar-refractivity contribution in [3.8, 4) is 0 Å². The smallest absolute Gasteiger partial charge is 0.0487 e. The van der Waals surface area contributed by atoms with Crippen LogP contribution in [-0.4, -0.2) is 11.7 Å². The average Bonchev–Trinajstić information content (AvgIpc) is 2.38. The zero-order valence-corrected chi connectivity index (χ0v) is 12.4. The molecule has 1 unspecified atom stereocenters. The Morgan fingerprint density at radius 1 is 0.706 bits per heavy atom. The summed E-state index contributed by atoms with van der Waals surface area (Å²) in [5.41, 5.74) is 0.237. The van der Waals surface area contributed by atoms with Crippen LogP contribution in [0.3, 0.4) is 0 Å². The van der Waals surface area contributed by atoms with Gasteiger partial charge in [0.05, 0.1) is 0 Å². The summed E-state index contributed by atoms with van der Waals surface area (Å²) >= 11 is 0. The summed E-state index contributed by atoms with van der Waals surface area (Å²) in [5, 5.41) is 9.64. The molecule has 0 spiro atoms. The van der Waals surface area contributed by atoms with Crippen molar-refractivity contribution in [1.82, 2.24) is 0 Å². The van der Waals surface area contributed by atoms with Crippen molar-refractivity contribution >= 4 is 0 Å². The molecular weight excluding hydrogens is 208 g/mol. The maximum Gasteiger partial charge on any atom is 0.0487 e. The molecule has 17 heavy (non-hydrogen) atoms. The number of unbranched alkanes of at least 4 members (excludes halogenated alkanes) is 6. The van der Waals surface area contributed by atoms with Crippen LogP contribution in [0.1, 0.15) is 91.4 Å². The Morgan fingerprint density at radius 3 is 1.76 bits per heavy atom. The van der Waals surface area contributed by atoms with Crippen molar-refractivity contribution in [2.24, 2.45) is 5.41 Å². The summed E-state index contributed by atoms with van der Waals surface area (Å²) in [6.07, 6.45) is 14.2. The highest BCUT2D eigenvalue weighted by molar-refractivity contribution is 4.77. The van der Waals surface area contributed by atoms with Gasteiger partial charge in [0, 0.05) is 6.61 Å². The van der Waals surface area contributed by atoms with E-state index in [9.17, 15) is 5.11 Å². The van der Waals surface area contributed by atoms with E-state index in [-0.39, 0.29) is 5.41 Å². The van der Waals surface area contributed by atoms with Gasteiger partial charge in [-0.15, -0.1) is 0 Å². The van der Waals surface area contributed by atoms with E-state index in [0.29, 0.717) is 6.61 Å². The minimum Gasteiger partial charge on any atom is -0.396 e. The first kappa shape index (κ1) is 17.0. The van der Waals surface area contributed by atoms with E-state index in [1.165, 1.54) is 64.2 Å². The number of aliphatic hydroxyl groups excluding tert-OH is 1. The molecule has 0 bridgehead atoms. The quantitative estimate of drug-likeness (QED) is 0.459. The molecule has 1 N–H and O–H groups in total. The van der Waals surface area contributed by atoms with Crippen molar-refractivity contribution in [1.29, 1.82) is 0 Å². The van der Waals surface area contributed by atoms with Gasteiger partial charge in [0.15, 0.2) is 0 Å². The second kappa shape index (κ2) is 11.1. The predicted octanol–water partition coefficient (Wildman–Crippen LogP) is 5.32. The lowest BCUT2D eigenvalue weighted by Gasteiger charge is -2.31. The van der Waals surface area contributed by atoms with Crippen LogP contribution in [-0.2, 0) is 0 Å². The molecule has 0 saturated heterocycles. The second-order valence-electron chi connectivity index (χ2n) is 5.63. The Kier molecular flexibility index (Phi) is 11.0. The first-order valence-electron chi connectivity index (χ1n) is 7.85. The largest absolute Gasteiger partial charge is 0.396 e. The molecule has 0 fully saturated rings. The molecule has 1 heteroatoms. The molecule has 0 aliphatic carbocycles. The van der Waals surface area contributed by atoms with Crippen molar-refractivity contribution in [3.63, 3.8) is 0 Å². The van der Waals surface area contributed by atoms with Gasteiger partial charge in [0.25, 0.3) is 0 Å². The van der Waals surface area contributed by atoms with Gasteiger partial charge in [-0.1, -0.05) is 72.1 Å². The zero-order valence-electron chi connectivity index (χ0n) is 12.4.